The summed E-state index contributed by atoms with van der Waals surface area (Å²) in [6, 6.07) is 0. The van der Waals surface area contributed by atoms with Gasteiger partial charge in [-0.15, -0.1) is 0 Å². The molecule has 13 heavy (non-hydrogen) atoms. The average molecular weight is 178 g/mol. The quantitative estimate of drug-likeness (QED) is 0.704. The van der Waals surface area contributed by atoms with Crippen LogP contribution in [-0.4, -0.2) is 37.2 Å². The van der Waals surface area contributed by atoms with Gasteiger partial charge in [0.05, 0.1) is 0 Å². The summed E-state index contributed by atoms with van der Waals surface area (Å²) < 4.78 is 0. The Morgan fingerprint density at radius 2 is 2.23 bits per heavy atom. The highest BCUT2D eigenvalue weighted by Gasteiger charge is 2.23. The van der Waals surface area contributed by atoms with Gasteiger partial charge in [0.25, 0.3) is 0 Å². The van der Waals surface area contributed by atoms with Gasteiger partial charge in [0.1, 0.15) is 12.1 Å². The maximum Gasteiger partial charge on any atom is 0.135 e. The zero-order valence-corrected chi connectivity index (χ0v) is 7.99. The van der Waals surface area contributed by atoms with Crippen molar-refractivity contribution in [2.45, 2.75) is 5.92 Å². The normalized spacial score (nSPS) is 16.8. The fourth-order valence-electron chi connectivity index (χ4n) is 1.50. The second-order valence-electron chi connectivity index (χ2n) is 3.55. The Labute approximate surface area is 78.0 Å². The van der Waals surface area contributed by atoms with E-state index in [0.29, 0.717) is 5.92 Å². The summed E-state index contributed by atoms with van der Waals surface area (Å²) in [7, 11) is 4.02. The Bertz CT molecular complexity index is 293. The Hall–Kier alpha value is -1.16. The van der Waals surface area contributed by atoms with Crippen molar-refractivity contribution >= 4 is 5.82 Å². The van der Waals surface area contributed by atoms with E-state index in [1.54, 1.807) is 6.33 Å². The minimum Gasteiger partial charge on any atom is -0.362 e. The molecule has 0 aromatic carbocycles. The van der Waals surface area contributed by atoms with Gasteiger partial charge in [-0.3, -0.25) is 0 Å². The van der Waals surface area contributed by atoms with Gasteiger partial charge in [0, 0.05) is 44.9 Å². The molecule has 1 saturated heterocycles. The van der Waals surface area contributed by atoms with Gasteiger partial charge in [-0.1, -0.05) is 0 Å². The molecular weight excluding hydrogens is 164 g/mol. The first-order chi connectivity index (χ1) is 6.29. The molecule has 1 N–H and O–H groups in total. The van der Waals surface area contributed by atoms with E-state index < -0.39 is 0 Å². The van der Waals surface area contributed by atoms with Gasteiger partial charge < -0.3 is 10.2 Å². The predicted molar refractivity (Wildman–Crippen MR) is 52.0 cm³/mol. The molecule has 0 unspecified atom stereocenters. The van der Waals surface area contributed by atoms with Crippen molar-refractivity contribution in [1.29, 1.82) is 0 Å². The fourth-order valence-corrected chi connectivity index (χ4v) is 1.50. The number of nitrogens with one attached hydrogen (secondary N) is 1. The highest BCUT2D eigenvalue weighted by molar-refractivity contribution is 5.46. The van der Waals surface area contributed by atoms with Crippen molar-refractivity contribution in [3.63, 3.8) is 0 Å². The average Bonchev–Trinajstić information content (AvgIpc) is 2.02. The van der Waals surface area contributed by atoms with Gasteiger partial charge in [-0.2, -0.15) is 0 Å². The predicted octanol–water partition coefficient (Wildman–Crippen LogP) is 0.229. The summed E-state index contributed by atoms with van der Waals surface area (Å²) in [5, 5.41) is 3.25. The first-order valence-electron chi connectivity index (χ1n) is 4.47. The van der Waals surface area contributed by atoms with Crippen molar-refractivity contribution in [2.75, 3.05) is 32.1 Å². The fraction of sp³-hybridized carbons (Fsp3) is 0.556. The molecule has 0 amide bonds. The second kappa shape index (κ2) is 3.30. The molecule has 1 aliphatic rings. The monoisotopic (exact) mass is 178 g/mol. The topological polar surface area (TPSA) is 41.1 Å². The standard InChI is InChI=1S/C9H14N4/c1-13(2)9-8(5-11-6-12-9)7-3-10-4-7/h5-7,10H,3-4H2,1-2H3. The molecule has 70 valence electrons. The Kier molecular flexibility index (Phi) is 2.14. The molecular formula is C9H14N4. The summed E-state index contributed by atoms with van der Waals surface area (Å²) in [4.78, 5) is 10.4. The van der Waals surface area contributed by atoms with Crippen LogP contribution in [0.1, 0.15) is 11.5 Å². The lowest BCUT2D eigenvalue weighted by atomic mass is 9.95. The van der Waals surface area contributed by atoms with Crippen LogP contribution in [0, 0.1) is 0 Å². The highest BCUT2D eigenvalue weighted by Crippen LogP contribution is 2.25. The van der Waals surface area contributed by atoms with Crippen LogP contribution in [0.5, 0.6) is 0 Å². The first-order valence-corrected chi connectivity index (χ1v) is 4.47. The molecule has 2 rings (SSSR count). The van der Waals surface area contributed by atoms with E-state index in [9.17, 15) is 0 Å². The number of nitrogens with zero attached hydrogens (tertiary/aromatic N) is 3. The minimum absolute atomic E-state index is 0.596. The largest absolute Gasteiger partial charge is 0.362 e. The third kappa shape index (κ3) is 1.49. The second-order valence-corrected chi connectivity index (χ2v) is 3.55. The van der Waals surface area contributed by atoms with E-state index in [1.165, 1.54) is 5.56 Å². The summed E-state index contributed by atoms with van der Waals surface area (Å²) in [5.41, 5.74) is 1.26. The molecule has 0 bridgehead atoms. The molecule has 1 fully saturated rings. The zero-order chi connectivity index (χ0) is 9.26. The van der Waals surface area contributed by atoms with Gasteiger partial charge in [-0.25, -0.2) is 9.97 Å². The minimum atomic E-state index is 0.596. The van der Waals surface area contributed by atoms with Crippen molar-refractivity contribution < 1.29 is 0 Å². The van der Waals surface area contributed by atoms with Crippen molar-refractivity contribution in [3.8, 4) is 0 Å². The van der Waals surface area contributed by atoms with Gasteiger partial charge in [0.15, 0.2) is 0 Å². The molecule has 0 saturated carbocycles. The molecule has 1 aromatic rings. The van der Waals surface area contributed by atoms with Crippen LogP contribution >= 0.6 is 0 Å². The maximum absolute atomic E-state index is 4.27. The van der Waals surface area contributed by atoms with Crippen LogP contribution in [0.15, 0.2) is 12.5 Å². The molecule has 0 spiro atoms. The maximum atomic E-state index is 4.27. The van der Waals surface area contributed by atoms with E-state index >= 15 is 0 Å². The molecule has 1 aromatic heterocycles. The number of anilines is 1. The van der Waals surface area contributed by atoms with Gasteiger partial charge >= 0.3 is 0 Å². The molecule has 1 aliphatic heterocycles. The van der Waals surface area contributed by atoms with Gasteiger partial charge in [0.2, 0.25) is 0 Å². The summed E-state index contributed by atoms with van der Waals surface area (Å²) in [5.74, 6) is 1.64. The highest BCUT2D eigenvalue weighted by atomic mass is 15.1. The summed E-state index contributed by atoms with van der Waals surface area (Å²) >= 11 is 0. The third-order valence-corrected chi connectivity index (χ3v) is 2.36. The van der Waals surface area contributed by atoms with E-state index in [0.717, 1.165) is 18.9 Å². The Morgan fingerprint density at radius 1 is 1.46 bits per heavy atom. The van der Waals surface area contributed by atoms with Crippen molar-refractivity contribution in [1.82, 2.24) is 15.3 Å². The van der Waals surface area contributed by atoms with E-state index in [1.807, 2.05) is 25.2 Å². The molecule has 4 heteroatoms. The van der Waals surface area contributed by atoms with E-state index in [4.69, 9.17) is 0 Å². The van der Waals surface area contributed by atoms with E-state index in [2.05, 4.69) is 15.3 Å². The summed E-state index contributed by atoms with van der Waals surface area (Å²) in [6.45, 7) is 2.10. The Morgan fingerprint density at radius 3 is 2.77 bits per heavy atom. The van der Waals surface area contributed by atoms with Crippen LogP contribution in [0.4, 0.5) is 5.82 Å². The number of aromatic nitrogens is 2. The molecule has 4 nitrogen and oxygen atoms in total. The van der Waals surface area contributed by atoms with Crippen molar-refractivity contribution in [3.05, 3.63) is 18.1 Å². The van der Waals surface area contributed by atoms with Gasteiger partial charge in [-0.05, 0) is 0 Å². The molecule has 0 radical (unpaired) electrons. The van der Waals surface area contributed by atoms with Crippen LogP contribution in [0.3, 0.4) is 0 Å². The van der Waals surface area contributed by atoms with Crippen LogP contribution in [0.2, 0.25) is 0 Å². The lowest BCUT2D eigenvalue weighted by molar-refractivity contribution is 0.446. The van der Waals surface area contributed by atoms with Crippen molar-refractivity contribution in [2.24, 2.45) is 0 Å². The number of rotatable bonds is 2. The summed E-state index contributed by atoms with van der Waals surface area (Å²) in [6.07, 6.45) is 3.53. The van der Waals surface area contributed by atoms with E-state index in [-0.39, 0.29) is 0 Å². The SMILES string of the molecule is CN(C)c1ncncc1C1CNC1. The third-order valence-electron chi connectivity index (χ3n) is 2.36. The van der Waals surface area contributed by atoms with Crippen LogP contribution in [-0.2, 0) is 0 Å². The molecule has 2 heterocycles. The molecule has 0 aliphatic carbocycles. The number of hydrogen-bond donors (Lipinski definition) is 1. The first kappa shape index (κ1) is 8.44. The number of hydrogen-bond acceptors (Lipinski definition) is 4. The smallest absolute Gasteiger partial charge is 0.135 e. The van der Waals surface area contributed by atoms with Crippen LogP contribution < -0.4 is 10.2 Å². The zero-order valence-electron chi connectivity index (χ0n) is 7.99. The lowest BCUT2D eigenvalue weighted by Crippen LogP contribution is -2.40. The lowest BCUT2D eigenvalue weighted by Gasteiger charge is -2.29. The molecule has 0 atom stereocenters. The van der Waals surface area contributed by atoms with Crippen LogP contribution in [0.25, 0.3) is 0 Å². The Balaban J connectivity index is 2.31.